The van der Waals surface area contributed by atoms with Gasteiger partial charge in [0, 0.05) is 18.2 Å². The molecule has 1 aromatic carbocycles. The van der Waals surface area contributed by atoms with Gasteiger partial charge in [0.15, 0.2) is 0 Å². The normalized spacial score (nSPS) is 12.7. The molecule has 0 aliphatic heterocycles. The van der Waals surface area contributed by atoms with Gasteiger partial charge in [-0.15, -0.1) is 10.2 Å². The second-order valence-corrected chi connectivity index (χ2v) is 5.71. The van der Waals surface area contributed by atoms with Crippen LogP contribution in [-0.2, 0) is 6.54 Å². The van der Waals surface area contributed by atoms with Gasteiger partial charge in [-0.2, -0.15) is 0 Å². The molecule has 0 fully saturated rings. The molecule has 1 unspecified atom stereocenters. The van der Waals surface area contributed by atoms with E-state index in [-0.39, 0.29) is 11.9 Å². The van der Waals surface area contributed by atoms with E-state index in [4.69, 9.17) is 0 Å². The van der Waals surface area contributed by atoms with Gasteiger partial charge >= 0.3 is 0 Å². The highest BCUT2D eigenvalue weighted by Gasteiger charge is 2.17. The fraction of sp³-hybridized carbons (Fsp3) is 0.429. The van der Waals surface area contributed by atoms with Crippen molar-refractivity contribution in [3.8, 4) is 0 Å². The summed E-state index contributed by atoms with van der Waals surface area (Å²) in [6.07, 6.45) is 0. The molecule has 4 nitrogen and oxygen atoms in total. The van der Waals surface area contributed by atoms with Crippen molar-refractivity contribution in [3.63, 3.8) is 0 Å². The Bertz CT molecular complexity index is 558. The summed E-state index contributed by atoms with van der Waals surface area (Å²) >= 11 is 1.53. The summed E-state index contributed by atoms with van der Waals surface area (Å²) < 4.78 is 13.8. The maximum Gasteiger partial charge on any atom is 0.205 e. The van der Waals surface area contributed by atoms with Crippen LogP contribution >= 0.6 is 11.3 Å². The van der Waals surface area contributed by atoms with E-state index >= 15 is 0 Å². The SMILES string of the molecule is CCNc1nnc(CN(C)C(C)c2ccccc2F)s1. The van der Waals surface area contributed by atoms with Crippen LogP contribution < -0.4 is 5.32 Å². The van der Waals surface area contributed by atoms with E-state index in [1.807, 2.05) is 33.0 Å². The largest absolute Gasteiger partial charge is 0.360 e. The van der Waals surface area contributed by atoms with Gasteiger partial charge in [0.25, 0.3) is 0 Å². The number of nitrogens with one attached hydrogen (secondary N) is 1. The lowest BCUT2D eigenvalue weighted by Gasteiger charge is -2.24. The van der Waals surface area contributed by atoms with Gasteiger partial charge < -0.3 is 5.32 Å². The van der Waals surface area contributed by atoms with Gasteiger partial charge in [-0.1, -0.05) is 29.5 Å². The third kappa shape index (κ3) is 3.52. The monoisotopic (exact) mass is 294 g/mol. The third-order valence-electron chi connectivity index (χ3n) is 3.20. The van der Waals surface area contributed by atoms with Crippen LogP contribution in [0.2, 0.25) is 0 Å². The first-order valence-corrected chi connectivity index (χ1v) is 7.44. The van der Waals surface area contributed by atoms with Crippen LogP contribution in [0.1, 0.15) is 30.5 Å². The highest BCUT2D eigenvalue weighted by Crippen LogP contribution is 2.24. The summed E-state index contributed by atoms with van der Waals surface area (Å²) in [6, 6.07) is 6.87. The average Bonchev–Trinajstić information content (AvgIpc) is 2.86. The Morgan fingerprint density at radius 3 is 2.80 bits per heavy atom. The topological polar surface area (TPSA) is 41.1 Å². The molecule has 1 aromatic heterocycles. The van der Waals surface area contributed by atoms with Crippen molar-refractivity contribution >= 4 is 16.5 Å². The zero-order valence-corrected chi connectivity index (χ0v) is 12.7. The lowest BCUT2D eigenvalue weighted by Crippen LogP contribution is -2.22. The van der Waals surface area contributed by atoms with E-state index in [0.717, 1.165) is 16.7 Å². The summed E-state index contributed by atoms with van der Waals surface area (Å²) in [5.41, 5.74) is 0.700. The van der Waals surface area contributed by atoms with Crippen molar-refractivity contribution in [2.24, 2.45) is 0 Å². The van der Waals surface area contributed by atoms with E-state index < -0.39 is 0 Å². The fourth-order valence-corrected chi connectivity index (χ4v) is 2.81. The smallest absolute Gasteiger partial charge is 0.205 e. The highest BCUT2D eigenvalue weighted by atomic mass is 32.1. The van der Waals surface area contributed by atoms with E-state index in [9.17, 15) is 4.39 Å². The number of rotatable bonds is 6. The number of halogens is 1. The minimum atomic E-state index is -0.169. The number of hydrogen-bond donors (Lipinski definition) is 1. The number of aromatic nitrogens is 2. The van der Waals surface area contributed by atoms with Crippen LogP contribution in [-0.4, -0.2) is 28.7 Å². The molecule has 1 atom stereocenters. The molecule has 1 heterocycles. The zero-order valence-electron chi connectivity index (χ0n) is 11.9. The molecule has 0 radical (unpaired) electrons. The first-order chi connectivity index (χ1) is 9.61. The second kappa shape index (κ2) is 6.76. The maximum atomic E-state index is 13.8. The molecule has 0 saturated heterocycles. The molecule has 1 N–H and O–H groups in total. The average molecular weight is 294 g/mol. The molecule has 0 saturated carbocycles. The Morgan fingerprint density at radius 1 is 1.35 bits per heavy atom. The number of hydrogen-bond acceptors (Lipinski definition) is 5. The van der Waals surface area contributed by atoms with Crippen LogP contribution in [0.3, 0.4) is 0 Å². The van der Waals surface area contributed by atoms with Crippen LogP contribution in [0.4, 0.5) is 9.52 Å². The second-order valence-electron chi connectivity index (χ2n) is 4.64. The Kier molecular flexibility index (Phi) is 5.03. The predicted octanol–water partition coefficient (Wildman–Crippen LogP) is 3.30. The molecule has 108 valence electrons. The molecule has 20 heavy (non-hydrogen) atoms. The number of benzene rings is 1. The quantitative estimate of drug-likeness (QED) is 0.887. The van der Waals surface area contributed by atoms with Crippen LogP contribution in [0.5, 0.6) is 0 Å². The molecule has 6 heteroatoms. The van der Waals surface area contributed by atoms with Gasteiger partial charge in [0.2, 0.25) is 5.13 Å². The van der Waals surface area contributed by atoms with Crippen LogP contribution in [0.15, 0.2) is 24.3 Å². The van der Waals surface area contributed by atoms with E-state index in [2.05, 4.69) is 20.4 Å². The van der Waals surface area contributed by atoms with Crippen molar-refractivity contribution in [2.75, 3.05) is 18.9 Å². The summed E-state index contributed by atoms with van der Waals surface area (Å²) in [4.78, 5) is 2.06. The van der Waals surface area contributed by atoms with Gasteiger partial charge in [-0.3, -0.25) is 4.90 Å². The summed E-state index contributed by atoms with van der Waals surface area (Å²) in [5.74, 6) is -0.169. The van der Waals surface area contributed by atoms with Gasteiger partial charge in [0.05, 0.1) is 6.54 Å². The molecular weight excluding hydrogens is 275 g/mol. The van der Waals surface area contributed by atoms with Crippen molar-refractivity contribution in [1.82, 2.24) is 15.1 Å². The van der Waals surface area contributed by atoms with E-state index in [0.29, 0.717) is 12.1 Å². The summed E-state index contributed by atoms with van der Waals surface area (Å²) in [6.45, 7) is 5.49. The Labute approximate surface area is 122 Å². The fourth-order valence-electron chi connectivity index (χ4n) is 1.94. The first-order valence-electron chi connectivity index (χ1n) is 6.62. The standard InChI is InChI=1S/C14H19FN4S/c1-4-16-14-18-17-13(20-14)9-19(3)10(2)11-7-5-6-8-12(11)15/h5-8,10H,4,9H2,1-3H3,(H,16,18). The lowest BCUT2D eigenvalue weighted by molar-refractivity contribution is 0.247. The summed E-state index contributed by atoms with van der Waals surface area (Å²) in [7, 11) is 1.96. The zero-order chi connectivity index (χ0) is 14.5. The predicted molar refractivity (Wildman–Crippen MR) is 80.4 cm³/mol. The minimum absolute atomic E-state index is 0.0114. The lowest BCUT2D eigenvalue weighted by atomic mass is 10.1. The van der Waals surface area contributed by atoms with Crippen LogP contribution in [0, 0.1) is 5.82 Å². The number of nitrogens with zero attached hydrogens (tertiary/aromatic N) is 3. The Hall–Kier alpha value is -1.53. The van der Waals surface area contributed by atoms with E-state index in [1.165, 1.54) is 17.4 Å². The molecule has 2 rings (SSSR count). The Morgan fingerprint density at radius 2 is 2.10 bits per heavy atom. The number of anilines is 1. The molecule has 2 aromatic rings. The minimum Gasteiger partial charge on any atom is -0.360 e. The molecule has 0 bridgehead atoms. The molecule has 0 aliphatic carbocycles. The molecule has 0 spiro atoms. The van der Waals surface area contributed by atoms with E-state index in [1.54, 1.807) is 6.07 Å². The molecular formula is C14H19FN4S. The first kappa shape index (κ1) is 14.9. The van der Waals surface area contributed by atoms with Crippen LogP contribution in [0.25, 0.3) is 0 Å². The third-order valence-corrected chi connectivity index (χ3v) is 4.06. The van der Waals surface area contributed by atoms with Gasteiger partial charge in [-0.25, -0.2) is 4.39 Å². The van der Waals surface area contributed by atoms with Crippen molar-refractivity contribution < 1.29 is 4.39 Å². The van der Waals surface area contributed by atoms with Gasteiger partial charge in [-0.05, 0) is 27.0 Å². The Balaban J connectivity index is 2.03. The van der Waals surface area contributed by atoms with Gasteiger partial charge in [0.1, 0.15) is 10.8 Å². The highest BCUT2D eigenvalue weighted by molar-refractivity contribution is 7.15. The van der Waals surface area contributed by atoms with Crippen molar-refractivity contribution in [3.05, 3.63) is 40.7 Å². The summed E-state index contributed by atoms with van der Waals surface area (Å²) in [5, 5.41) is 13.1. The molecule has 0 amide bonds. The molecule has 0 aliphatic rings. The van der Waals surface area contributed by atoms with Crippen molar-refractivity contribution in [1.29, 1.82) is 0 Å². The maximum absolute atomic E-state index is 13.8. The van der Waals surface area contributed by atoms with Crippen molar-refractivity contribution in [2.45, 2.75) is 26.4 Å².